The highest BCUT2D eigenvalue weighted by Gasteiger charge is 2.39. The number of hydrogen-bond donors (Lipinski definition) is 2. The van der Waals surface area contributed by atoms with Gasteiger partial charge in [-0.1, -0.05) is 68.1 Å². The zero-order valence-electron chi connectivity index (χ0n) is 49.9. The third kappa shape index (κ3) is 15.5. The molecule has 4 saturated heterocycles. The van der Waals surface area contributed by atoms with Crippen LogP contribution < -0.4 is 10.2 Å². The average molecular weight is 1190 g/mol. The van der Waals surface area contributed by atoms with Crippen molar-refractivity contribution in [2.24, 2.45) is 11.8 Å². The van der Waals surface area contributed by atoms with Crippen molar-refractivity contribution in [3.8, 4) is 0 Å². The van der Waals surface area contributed by atoms with Gasteiger partial charge in [-0.15, -0.1) is 0 Å². The SMILES string of the molecule is C[C@@H]1C[C@@H](O)c2ncnc(N3CCN(C(=O)C(CN4CCC(CN5CCN(C(=O)[C@H](NC(=O)c6cccc(C7CCCN(C(=O)CN(Cc8ccc(F)cc8F)C(=O)OC(C)(C)C)C7)c6)C6CCCCC6)CC5)CC4)c4ccc(Cl)cc4)CC3)c21. The standard InChI is InChI=1S/C65H85ClF2N10O7/c1-43-34-55(79)59-57(43)60(70-42-69-59)74-30-32-75(33-31-74)62(82)53(45-15-18-51(66)19-16-45)40-72-24-21-44(22-25-72)37-73-26-28-76(29-27-73)63(83)58(46-10-6-5-7-11-46)71-61(81)48-13-8-12-47(35-48)49-14-9-23-77(38-49)56(80)41-78(64(84)85-65(2,3)4)39-50-17-20-52(67)36-54(50)68/h8,12-13,15-20,35-36,42-44,46,49,53,55,58,79H,5-7,9-11,14,21-34,37-41H2,1-4H3,(H,71,81)/t43-,49?,53?,55-,58-/m1/s1. The van der Waals surface area contributed by atoms with Crippen LogP contribution in [0.4, 0.5) is 19.4 Å². The number of piperidine rings is 2. The highest BCUT2D eigenvalue weighted by atomic mass is 35.5. The van der Waals surface area contributed by atoms with E-state index in [2.05, 4.69) is 36.9 Å². The number of ether oxygens (including phenoxy) is 1. The summed E-state index contributed by atoms with van der Waals surface area (Å²) in [5.74, 6) is -0.983. The lowest BCUT2D eigenvalue weighted by Crippen LogP contribution is -2.57. The molecule has 6 aliphatic rings. The Balaban J connectivity index is 0.708. The van der Waals surface area contributed by atoms with Gasteiger partial charge in [-0.3, -0.25) is 29.0 Å². The first-order valence-electron chi connectivity index (χ1n) is 31.0. The molecule has 0 radical (unpaired) electrons. The Bertz CT molecular complexity index is 2990. The fraction of sp³-hybridized carbons (Fsp3) is 0.585. The van der Waals surface area contributed by atoms with E-state index >= 15 is 0 Å². The molecule has 2 aliphatic carbocycles. The van der Waals surface area contributed by atoms with Gasteiger partial charge in [0.15, 0.2) is 0 Å². The Morgan fingerprint density at radius 3 is 2.19 bits per heavy atom. The van der Waals surface area contributed by atoms with Gasteiger partial charge in [0.05, 0.1) is 24.3 Å². The predicted octanol–water partition coefficient (Wildman–Crippen LogP) is 8.76. The van der Waals surface area contributed by atoms with Crippen LogP contribution in [0.3, 0.4) is 0 Å². The van der Waals surface area contributed by atoms with E-state index in [1.54, 1.807) is 38.1 Å². The summed E-state index contributed by atoms with van der Waals surface area (Å²) in [4.78, 5) is 93.8. The summed E-state index contributed by atoms with van der Waals surface area (Å²) in [5, 5.41) is 14.5. The lowest BCUT2D eigenvalue weighted by atomic mass is 9.83. The van der Waals surface area contributed by atoms with Gasteiger partial charge in [-0.25, -0.2) is 23.5 Å². The van der Waals surface area contributed by atoms with E-state index in [9.17, 15) is 37.9 Å². The Morgan fingerprint density at radius 1 is 0.776 bits per heavy atom. The normalized spacial score (nSPS) is 22.0. The highest BCUT2D eigenvalue weighted by Crippen LogP contribution is 2.43. The number of hydrogen-bond acceptors (Lipinski definition) is 12. The smallest absolute Gasteiger partial charge is 0.411 e. The Labute approximate surface area is 504 Å². The van der Waals surface area contributed by atoms with Gasteiger partial charge in [-0.2, -0.15) is 0 Å². The van der Waals surface area contributed by atoms with Crippen LogP contribution in [0.1, 0.15) is 154 Å². The molecule has 0 spiro atoms. The summed E-state index contributed by atoms with van der Waals surface area (Å²) >= 11 is 6.35. The predicted molar refractivity (Wildman–Crippen MR) is 321 cm³/mol. The molecule has 10 rings (SSSR count). The number of halogens is 3. The highest BCUT2D eigenvalue weighted by molar-refractivity contribution is 6.30. The maximum atomic E-state index is 14.8. The largest absolute Gasteiger partial charge is 0.444 e. The molecule has 5 heterocycles. The zero-order chi connectivity index (χ0) is 59.9. The summed E-state index contributed by atoms with van der Waals surface area (Å²) < 4.78 is 34.1. The molecular weight excluding hydrogens is 1110 g/mol. The lowest BCUT2D eigenvalue weighted by Gasteiger charge is -2.41. The first-order chi connectivity index (χ1) is 40.8. The fourth-order valence-electron chi connectivity index (χ4n) is 13.8. The maximum Gasteiger partial charge on any atom is 0.411 e. The van der Waals surface area contributed by atoms with Gasteiger partial charge in [-0.05, 0) is 138 Å². The number of likely N-dealkylation sites (tertiary alicyclic amines) is 2. The van der Waals surface area contributed by atoms with Crippen LogP contribution in [0, 0.1) is 23.5 Å². The molecule has 2 N–H and O–H groups in total. The fourth-order valence-corrected chi connectivity index (χ4v) is 13.9. The van der Waals surface area contributed by atoms with Gasteiger partial charge in [0.1, 0.15) is 42.0 Å². The number of benzene rings is 3. The number of rotatable bonds is 16. The molecule has 1 aromatic heterocycles. The molecule has 4 aromatic rings. The summed E-state index contributed by atoms with van der Waals surface area (Å²) in [5.41, 5.74) is 3.23. The third-order valence-electron chi connectivity index (χ3n) is 18.5. The summed E-state index contributed by atoms with van der Waals surface area (Å²) in [6, 6.07) is 17.6. The number of aromatic nitrogens is 2. The molecule has 20 heteroatoms. The van der Waals surface area contributed by atoms with Gasteiger partial charge in [0.25, 0.3) is 5.91 Å². The molecule has 1 saturated carbocycles. The van der Waals surface area contributed by atoms with Crippen LogP contribution in [0.15, 0.2) is 73.1 Å². The van der Waals surface area contributed by atoms with Crippen LogP contribution in [0.5, 0.6) is 0 Å². The van der Waals surface area contributed by atoms with Crippen LogP contribution in [0.25, 0.3) is 0 Å². The minimum absolute atomic E-state index is 0.0238. The van der Waals surface area contributed by atoms with Crippen molar-refractivity contribution in [1.82, 2.24) is 44.7 Å². The number of aliphatic hydroxyl groups excluding tert-OH is 1. The van der Waals surface area contributed by atoms with Crippen molar-refractivity contribution in [2.75, 3.05) is 103 Å². The van der Waals surface area contributed by atoms with Crippen molar-refractivity contribution in [2.45, 2.75) is 134 Å². The Kier molecular flexibility index (Phi) is 20.1. The van der Waals surface area contributed by atoms with Crippen molar-refractivity contribution < 1.29 is 42.6 Å². The molecule has 85 heavy (non-hydrogen) atoms. The Hall–Kier alpha value is -6.28. The van der Waals surface area contributed by atoms with E-state index in [0.29, 0.717) is 88.2 Å². The molecule has 5 atom stereocenters. The molecule has 2 unspecified atom stereocenters. The first kappa shape index (κ1) is 61.8. The van der Waals surface area contributed by atoms with Crippen LogP contribution in [0.2, 0.25) is 5.02 Å². The number of nitrogens with one attached hydrogen (secondary N) is 1. The monoisotopic (exact) mass is 1190 g/mol. The molecule has 17 nitrogen and oxygen atoms in total. The summed E-state index contributed by atoms with van der Waals surface area (Å²) in [6.07, 6.45) is 9.19. The number of aliphatic hydroxyl groups is 1. The Morgan fingerprint density at radius 2 is 1.48 bits per heavy atom. The van der Waals surface area contributed by atoms with Crippen molar-refractivity contribution >= 4 is 47.1 Å². The first-order valence-corrected chi connectivity index (χ1v) is 31.4. The quantitative estimate of drug-likeness (QED) is 0.109. The van der Waals surface area contributed by atoms with Gasteiger partial charge < -0.3 is 39.7 Å². The molecule has 3 aromatic carbocycles. The second-order valence-electron chi connectivity index (χ2n) is 25.7. The molecule has 5 fully saturated rings. The van der Waals surface area contributed by atoms with Crippen LogP contribution in [-0.4, -0.2) is 184 Å². The number of piperazine rings is 2. The van der Waals surface area contributed by atoms with E-state index in [1.165, 1.54) is 6.07 Å². The topological polar surface area (TPSA) is 175 Å². The van der Waals surface area contributed by atoms with Crippen molar-refractivity contribution in [3.05, 3.63) is 123 Å². The van der Waals surface area contributed by atoms with Gasteiger partial charge >= 0.3 is 6.09 Å². The minimum Gasteiger partial charge on any atom is -0.444 e. The van der Waals surface area contributed by atoms with Crippen molar-refractivity contribution in [1.29, 1.82) is 0 Å². The lowest BCUT2D eigenvalue weighted by molar-refractivity contribution is -0.137. The van der Waals surface area contributed by atoms with Crippen molar-refractivity contribution in [3.63, 3.8) is 0 Å². The van der Waals surface area contributed by atoms with Crippen LogP contribution in [-0.2, 0) is 25.7 Å². The molecular formula is C65H85ClF2N10O7. The van der Waals surface area contributed by atoms with Gasteiger partial charge in [0, 0.05) is 112 Å². The van der Waals surface area contributed by atoms with E-state index in [0.717, 1.165) is 129 Å². The third-order valence-corrected chi connectivity index (χ3v) is 18.8. The van der Waals surface area contributed by atoms with E-state index in [1.807, 2.05) is 52.3 Å². The average Bonchev–Trinajstić information content (AvgIpc) is 3.27. The van der Waals surface area contributed by atoms with E-state index < -0.39 is 35.5 Å². The number of amides is 5. The maximum absolute atomic E-state index is 14.8. The van der Waals surface area contributed by atoms with E-state index in [-0.39, 0.29) is 66.0 Å². The zero-order valence-corrected chi connectivity index (χ0v) is 50.7. The number of nitrogens with zero attached hydrogens (tertiary/aromatic N) is 9. The molecule has 0 bridgehead atoms. The second-order valence-corrected chi connectivity index (χ2v) is 26.1. The number of carbonyl (C=O) groups excluding carboxylic acids is 5. The molecule has 5 amide bonds. The minimum atomic E-state index is -0.874. The summed E-state index contributed by atoms with van der Waals surface area (Å²) in [6.45, 7) is 15.9. The number of carbonyl (C=O) groups is 5. The van der Waals surface area contributed by atoms with E-state index in [4.69, 9.17) is 16.3 Å². The number of fused-ring (bicyclic) bond motifs is 1. The number of anilines is 1. The van der Waals surface area contributed by atoms with Gasteiger partial charge in [0.2, 0.25) is 17.7 Å². The molecule has 4 aliphatic heterocycles. The van der Waals surface area contributed by atoms with Crippen LogP contribution >= 0.6 is 11.6 Å². The molecule has 458 valence electrons. The second kappa shape index (κ2) is 27.6. The summed E-state index contributed by atoms with van der Waals surface area (Å²) in [7, 11) is 0.